The van der Waals surface area contributed by atoms with Crippen molar-refractivity contribution in [2.24, 2.45) is 7.05 Å². The Morgan fingerprint density at radius 3 is 2.35 bits per heavy atom. The Balaban J connectivity index is 1.47. The molecule has 0 radical (unpaired) electrons. The van der Waals surface area contributed by atoms with E-state index in [-0.39, 0.29) is 13.2 Å². The van der Waals surface area contributed by atoms with Crippen LogP contribution in [0, 0.1) is 0 Å². The molecule has 37 heavy (non-hydrogen) atoms. The molecule has 0 aliphatic carbocycles. The van der Waals surface area contributed by atoms with Crippen molar-refractivity contribution in [2.45, 2.75) is 19.7 Å². The standard InChI is InChI=1S/C28H24F3N3O3/c1-3-36-26(35)16-25(27-33-32-18-34(27)2)21-9-13-24(14-10-21)37-17-19-5-4-6-22(15-19)20-7-11-23(12-8-20)28(29,30)31/h4-16,18H,3,17H2,1-2H3/b25-16+. The molecule has 0 fully saturated rings. The molecule has 3 aromatic carbocycles. The van der Waals surface area contributed by atoms with Crippen molar-refractivity contribution < 1.29 is 27.4 Å². The molecule has 9 heteroatoms. The zero-order valence-electron chi connectivity index (χ0n) is 20.2. The maximum Gasteiger partial charge on any atom is 0.416 e. The number of halogens is 3. The first-order chi connectivity index (χ1) is 17.7. The Morgan fingerprint density at radius 1 is 1.00 bits per heavy atom. The van der Waals surface area contributed by atoms with Gasteiger partial charge in [-0.1, -0.05) is 42.5 Å². The van der Waals surface area contributed by atoms with Crippen LogP contribution in [-0.4, -0.2) is 27.3 Å². The Labute approximate surface area is 212 Å². The lowest BCUT2D eigenvalue weighted by Crippen LogP contribution is -2.05. The van der Waals surface area contributed by atoms with Crippen LogP contribution in [0.5, 0.6) is 5.75 Å². The van der Waals surface area contributed by atoms with Crippen LogP contribution in [0.15, 0.2) is 85.2 Å². The second-order valence-corrected chi connectivity index (χ2v) is 8.16. The average Bonchev–Trinajstić information content (AvgIpc) is 3.32. The van der Waals surface area contributed by atoms with Gasteiger partial charge in [-0.05, 0) is 59.5 Å². The SMILES string of the molecule is CCOC(=O)/C=C(\c1ccc(OCc2cccc(-c3ccc(C(F)(F)F)cc3)c2)cc1)c1nncn1C. The second kappa shape index (κ2) is 11.1. The fourth-order valence-electron chi connectivity index (χ4n) is 3.70. The number of benzene rings is 3. The second-order valence-electron chi connectivity index (χ2n) is 8.16. The van der Waals surface area contributed by atoms with E-state index in [2.05, 4.69) is 10.2 Å². The Bertz CT molecular complexity index is 1390. The highest BCUT2D eigenvalue weighted by atomic mass is 19.4. The van der Waals surface area contributed by atoms with Crippen molar-refractivity contribution in [1.29, 1.82) is 0 Å². The van der Waals surface area contributed by atoms with E-state index in [0.717, 1.165) is 28.8 Å². The summed E-state index contributed by atoms with van der Waals surface area (Å²) in [5.74, 6) is 0.646. The molecular formula is C28H24F3N3O3. The van der Waals surface area contributed by atoms with E-state index in [1.54, 1.807) is 37.0 Å². The topological polar surface area (TPSA) is 66.2 Å². The molecule has 0 saturated carbocycles. The smallest absolute Gasteiger partial charge is 0.416 e. The lowest BCUT2D eigenvalue weighted by atomic mass is 10.0. The number of hydrogen-bond acceptors (Lipinski definition) is 5. The summed E-state index contributed by atoms with van der Waals surface area (Å²) in [5, 5.41) is 8.00. The van der Waals surface area contributed by atoms with E-state index in [4.69, 9.17) is 9.47 Å². The predicted molar refractivity (Wildman–Crippen MR) is 132 cm³/mol. The highest BCUT2D eigenvalue weighted by molar-refractivity contribution is 5.95. The predicted octanol–water partition coefficient (Wildman–Crippen LogP) is 6.07. The highest BCUT2D eigenvalue weighted by Gasteiger charge is 2.30. The van der Waals surface area contributed by atoms with Crippen LogP contribution in [0.3, 0.4) is 0 Å². The molecule has 0 bridgehead atoms. The maximum absolute atomic E-state index is 12.8. The molecule has 0 atom stereocenters. The summed E-state index contributed by atoms with van der Waals surface area (Å²) >= 11 is 0. The minimum atomic E-state index is -4.37. The summed E-state index contributed by atoms with van der Waals surface area (Å²) in [6.45, 7) is 2.26. The van der Waals surface area contributed by atoms with Gasteiger partial charge < -0.3 is 14.0 Å². The number of aromatic nitrogens is 3. The normalized spacial score (nSPS) is 11.9. The van der Waals surface area contributed by atoms with Gasteiger partial charge in [-0.3, -0.25) is 0 Å². The van der Waals surface area contributed by atoms with Crippen LogP contribution in [0.1, 0.15) is 29.4 Å². The monoisotopic (exact) mass is 507 g/mol. The average molecular weight is 508 g/mol. The van der Waals surface area contributed by atoms with E-state index in [0.29, 0.717) is 22.7 Å². The molecule has 0 aliphatic heterocycles. The third kappa shape index (κ3) is 6.43. The van der Waals surface area contributed by atoms with Gasteiger partial charge in [-0.25, -0.2) is 4.79 Å². The fraction of sp³-hybridized carbons (Fsp3) is 0.179. The molecule has 4 rings (SSSR count). The van der Waals surface area contributed by atoms with Crippen molar-refractivity contribution >= 4 is 11.5 Å². The Kier molecular flexibility index (Phi) is 7.71. The van der Waals surface area contributed by atoms with Crippen molar-refractivity contribution in [3.8, 4) is 16.9 Å². The van der Waals surface area contributed by atoms with Gasteiger partial charge in [0.1, 0.15) is 18.7 Å². The van der Waals surface area contributed by atoms with Crippen LogP contribution in [-0.2, 0) is 29.4 Å². The number of ether oxygens (including phenoxy) is 2. The summed E-state index contributed by atoms with van der Waals surface area (Å²) in [7, 11) is 1.78. The molecule has 190 valence electrons. The minimum absolute atomic E-state index is 0.258. The molecule has 0 N–H and O–H groups in total. The van der Waals surface area contributed by atoms with Crippen LogP contribution in [0.25, 0.3) is 16.7 Å². The first kappa shape index (κ1) is 25.7. The van der Waals surface area contributed by atoms with Crippen molar-refractivity contribution in [3.63, 3.8) is 0 Å². The largest absolute Gasteiger partial charge is 0.489 e. The summed E-state index contributed by atoms with van der Waals surface area (Å²) in [4.78, 5) is 12.1. The lowest BCUT2D eigenvalue weighted by Gasteiger charge is -2.11. The van der Waals surface area contributed by atoms with Crippen LogP contribution >= 0.6 is 0 Å². The molecule has 6 nitrogen and oxygen atoms in total. The number of alkyl halides is 3. The van der Waals surface area contributed by atoms with Crippen LogP contribution in [0.4, 0.5) is 13.2 Å². The molecular weight excluding hydrogens is 483 g/mol. The number of hydrogen-bond donors (Lipinski definition) is 0. The quantitative estimate of drug-likeness (QED) is 0.214. The van der Waals surface area contributed by atoms with Crippen LogP contribution < -0.4 is 4.74 Å². The van der Waals surface area contributed by atoms with E-state index in [1.807, 2.05) is 36.4 Å². The van der Waals surface area contributed by atoms with E-state index in [1.165, 1.54) is 18.2 Å². The van der Waals surface area contributed by atoms with Gasteiger partial charge in [0.25, 0.3) is 0 Å². The number of carbonyl (C=O) groups is 1. The molecule has 4 aromatic rings. The number of nitrogens with zero attached hydrogens (tertiary/aromatic N) is 3. The molecule has 0 amide bonds. The third-order valence-corrected chi connectivity index (χ3v) is 5.54. The van der Waals surface area contributed by atoms with Gasteiger partial charge >= 0.3 is 12.1 Å². The third-order valence-electron chi connectivity index (χ3n) is 5.54. The van der Waals surface area contributed by atoms with Gasteiger partial charge in [0.15, 0.2) is 5.82 Å². The fourth-order valence-corrected chi connectivity index (χ4v) is 3.70. The molecule has 0 spiro atoms. The maximum atomic E-state index is 12.8. The molecule has 0 saturated heterocycles. The van der Waals surface area contributed by atoms with Gasteiger partial charge in [-0.2, -0.15) is 13.2 Å². The van der Waals surface area contributed by atoms with Crippen molar-refractivity contribution in [2.75, 3.05) is 6.61 Å². The molecule has 0 aliphatic rings. The molecule has 0 unspecified atom stereocenters. The van der Waals surface area contributed by atoms with Crippen molar-refractivity contribution in [1.82, 2.24) is 14.8 Å². The van der Waals surface area contributed by atoms with Gasteiger partial charge in [0.05, 0.1) is 12.2 Å². The molecule has 1 aromatic heterocycles. The van der Waals surface area contributed by atoms with Crippen LogP contribution in [0.2, 0.25) is 0 Å². The first-order valence-corrected chi connectivity index (χ1v) is 11.5. The zero-order chi connectivity index (χ0) is 26.4. The number of carbonyl (C=O) groups excluding carboxylic acids is 1. The molecule has 1 heterocycles. The van der Waals surface area contributed by atoms with Gasteiger partial charge in [-0.15, -0.1) is 10.2 Å². The van der Waals surface area contributed by atoms with Crippen molar-refractivity contribution in [3.05, 3.63) is 108 Å². The summed E-state index contributed by atoms with van der Waals surface area (Å²) < 4.78 is 51.2. The highest BCUT2D eigenvalue weighted by Crippen LogP contribution is 2.31. The number of esters is 1. The van der Waals surface area contributed by atoms with E-state index in [9.17, 15) is 18.0 Å². The zero-order valence-corrected chi connectivity index (χ0v) is 20.2. The summed E-state index contributed by atoms with van der Waals surface area (Å²) in [6.07, 6.45) is -1.44. The Hall–Kier alpha value is -4.40. The Morgan fingerprint density at radius 2 is 1.73 bits per heavy atom. The number of rotatable bonds is 8. The summed E-state index contributed by atoms with van der Waals surface area (Å²) in [5.41, 5.74) is 2.96. The van der Waals surface area contributed by atoms with E-state index < -0.39 is 17.7 Å². The van der Waals surface area contributed by atoms with Gasteiger partial charge in [0.2, 0.25) is 0 Å². The summed E-state index contributed by atoms with van der Waals surface area (Å²) in [6, 6.07) is 19.7. The first-order valence-electron chi connectivity index (χ1n) is 11.5. The van der Waals surface area contributed by atoms with E-state index >= 15 is 0 Å². The van der Waals surface area contributed by atoms with Gasteiger partial charge in [0, 0.05) is 18.7 Å². The minimum Gasteiger partial charge on any atom is -0.489 e. The lowest BCUT2D eigenvalue weighted by molar-refractivity contribution is -0.138. The number of aryl methyl sites for hydroxylation is 1.